The molecule has 0 atom stereocenters. The highest BCUT2D eigenvalue weighted by Crippen LogP contribution is 2.17. The second kappa shape index (κ2) is 5.79. The number of aliphatic hydroxyl groups is 1. The number of hydrogen-bond acceptors (Lipinski definition) is 4. The minimum Gasteiger partial charge on any atom is -0.497 e. The first-order chi connectivity index (χ1) is 8.76. The lowest BCUT2D eigenvalue weighted by molar-refractivity contribution is 0.287. The molecule has 0 radical (unpaired) electrons. The summed E-state index contributed by atoms with van der Waals surface area (Å²) in [6.07, 6.45) is 1.34. The Hall–Kier alpha value is -1.66. The van der Waals surface area contributed by atoms with Crippen LogP contribution in [-0.4, -0.2) is 33.6 Å². The number of hydrogen-bond donors (Lipinski definition) is 2. The molecule has 0 fully saturated rings. The standard InChI is InChI=1S/C12H15N3O2S/c1-17-10-6-4-9(5-7-10)15-11(3-2-8-16)13-14-12(15)18/h4-7,16H,2-3,8H2,1H3,(H,14,18). The normalized spacial score (nSPS) is 10.6. The highest BCUT2D eigenvalue weighted by atomic mass is 32.1. The fourth-order valence-electron chi connectivity index (χ4n) is 1.73. The van der Waals surface area contributed by atoms with E-state index in [0.717, 1.165) is 17.3 Å². The van der Waals surface area contributed by atoms with Gasteiger partial charge in [-0.2, -0.15) is 5.10 Å². The molecule has 6 heteroatoms. The maximum absolute atomic E-state index is 8.87. The van der Waals surface area contributed by atoms with Crippen LogP contribution in [0.3, 0.4) is 0 Å². The molecule has 1 heterocycles. The molecule has 0 aliphatic heterocycles. The summed E-state index contributed by atoms with van der Waals surface area (Å²) in [6, 6.07) is 7.60. The van der Waals surface area contributed by atoms with Crippen molar-refractivity contribution >= 4 is 12.2 Å². The van der Waals surface area contributed by atoms with E-state index in [1.54, 1.807) is 7.11 Å². The third kappa shape index (κ3) is 2.60. The van der Waals surface area contributed by atoms with Crippen molar-refractivity contribution in [3.05, 3.63) is 34.9 Å². The number of rotatable bonds is 5. The van der Waals surface area contributed by atoms with Gasteiger partial charge < -0.3 is 9.84 Å². The van der Waals surface area contributed by atoms with Gasteiger partial charge >= 0.3 is 0 Å². The summed E-state index contributed by atoms with van der Waals surface area (Å²) in [6.45, 7) is 0.141. The van der Waals surface area contributed by atoms with Crippen molar-refractivity contribution in [2.24, 2.45) is 0 Å². The molecular weight excluding hydrogens is 250 g/mol. The Balaban J connectivity index is 2.36. The van der Waals surface area contributed by atoms with Crippen LogP contribution in [0.4, 0.5) is 0 Å². The number of aryl methyl sites for hydroxylation is 1. The van der Waals surface area contributed by atoms with E-state index >= 15 is 0 Å². The van der Waals surface area contributed by atoms with Crippen molar-refractivity contribution < 1.29 is 9.84 Å². The molecule has 2 N–H and O–H groups in total. The highest BCUT2D eigenvalue weighted by Gasteiger charge is 2.07. The monoisotopic (exact) mass is 265 g/mol. The summed E-state index contributed by atoms with van der Waals surface area (Å²) in [5, 5.41) is 15.8. The molecule has 2 aromatic rings. The zero-order valence-electron chi connectivity index (χ0n) is 10.1. The molecule has 96 valence electrons. The molecule has 1 aromatic heterocycles. The summed E-state index contributed by atoms with van der Waals surface area (Å²) < 4.78 is 7.53. The number of aromatic nitrogens is 3. The van der Waals surface area contributed by atoms with E-state index in [9.17, 15) is 0 Å². The van der Waals surface area contributed by atoms with Gasteiger partial charge in [-0.1, -0.05) is 0 Å². The van der Waals surface area contributed by atoms with Gasteiger partial charge in [0, 0.05) is 18.7 Å². The van der Waals surface area contributed by atoms with Crippen LogP contribution >= 0.6 is 12.2 Å². The minimum absolute atomic E-state index is 0.141. The highest BCUT2D eigenvalue weighted by molar-refractivity contribution is 7.71. The first kappa shape index (κ1) is 12.8. The molecule has 0 bridgehead atoms. The van der Waals surface area contributed by atoms with Gasteiger partial charge in [0.1, 0.15) is 11.6 Å². The summed E-state index contributed by atoms with van der Waals surface area (Å²) >= 11 is 5.22. The number of nitrogens with one attached hydrogen (secondary N) is 1. The Morgan fingerprint density at radius 1 is 1.39 bits per heavy atom. The maximum atomic E-state index is 8.87. The number of nitrogens with zero attached hydrogens (tertiary/aromatic N) is 2. The molecule has 0 saturated heterocycles. The van der Waals surface area contributed by atoms with Crippen LogP contribution in [0, 0.1) is 4.77 Å². The van der Waals surface area contributed by atoms with Crippen molar-refractivity contribution in [2.75, 3.05) is 13.7 Å². The fourth-order valence-corrected chi connectivity index (χ4v) is 1.99. The van der Waals surface area contributed by atoms with Crippen molar-refractivity contribution in [1.82, 2.24) is 14.8 Å². The maximum Gasteiger partial charge on any atom is 0.199 e. The SMILES string of the molecule is COc1ccc(-n2c(CCCO)n[nH]c2=S)cc1. The molecule has 0 spiro atoms. The van der Waals surface area contributed by atoms with Crippen molar-refractivity contribution in [3.8, 4) is 11.4 Å². The molecule has 18 heavy (non-hydrogen) atoms. The van der Waals surface area contributed by atoms with E-state index < -0.39 is 0 Å². The summed E-state index contributed by atoms with van der Waals surface area (Å²) in [7, 11) is 1.63. The van der Waals surface area contributed by atoms with Crippen molar-refractivity contribution in [2.45, 2.75) is 12.8 Å². The third-order valence-corrected chi connectivity index (χ3v) is 2.90. The molecular formula is C12H15N3O2S. The van der Waals surface area contributed by atoms with Gasteiger partial charge in [0.05, 0.1) is 7.11 Å². The predicted octanol–water partition coefficient (Wildman–Crippen LogP) is 1.86. The van der Waals surface area contributed by atoms with Gasteiger partial charge in [0.15, 0.2) is 4.77 Å². The average Bonchev–Trinajstić information content (AvgIpc) is 2.77. The van der Waals surface area contributed by atoms with Crippen molar-refractivity contribution in [1.29, 1.82) is 0 Å². The van der Waals surface area contributed by atoms with E-state index in [4.69, 9.17) is 22.1 Å². The van der Waals surface area contributed by atoms with Crippen LogP contribution in [0.1, 0.15) is 12.2 Å². The quantitative estimate of drug-likeness (QED) is 0.810. The number of aromatic amines is 1. The largest absolute Gasteiger partial charge is 0.497 e. The number of benzene rings is 1. The molecule has 2 rings (SSSR count). The lowest BCUT2D eigenvalue weighted by Gasteiger charge is -2.07. The number of H-pyrrole nitrogens is 1. The van der Waals surface area contributed by atoms with Crippen LogP contribution in [0.5, 0.6) is 5.75 Å². The molecule has 0 amide bonds. The first-order valence-corrected chi connectivity index (χ1v) is 6.08. The van der Waals surface area contributed by atoms with Crippen molar-refractivity contribution in [3.63, 3.8) is 0 Å². The Morgan fingerprint density at radius 2 is 2.11 bits per heavy atom. The molecule has 5 nitrogen and oxygen atoms in total. The van der Waals surface area contributed by atoms with Gasteiger partial charge in [-0.3, -0.25) is 9.67 Å². The van der Waals surface area contributed by atoms with Gasteiger partial charge in [0.2, 0.25) is 0 Å². The molecule has 0 aliphatic rings. The Kier molecular flexibility index (Phi) is 4.11. The molecule has 0 saturated carbocycles. The zero-order chi connectivity index (χ0) is 13.0. The van der Waals surface area contributed by atoms with Gasteiger partial charge in [0.25, 0.3) is 0 Å². The summed E-state index contributed by atoms with van der Waals surface area (Å²) in [4.78, 5) is 0. The topological polar surface area (TPSA) is 63.1 Å². The Labute approximate surface area is 110 Å². The van der Waals surface area contributed by atoms with E-state index in [2.05, 4.69) is 10.2 Å². The number of methoxy groups -OCH3 is 1. The van der Waals surface area contributed by atoms with Crippen LogP contribution in [0.2, 0.25) is 0 Å². The van der Waals surface area contributed by atoms with E-state index in [1.807, 2.05) is 28.8 Å². The van der Waals surface area contributed by atoms with Crippen LogP contribution in [0.15, 0.2) is 24.3 Å². The minimum atomic E-state index is 0.141. The average molecular weight is 265 g/mol. The van der Waals surface area contributed by atoms with E-state index in [-0.39, 0.29) is 6.61 Å². The molecule has 0 aliphatic carbocycles. The summed E-state index contributed by atoms with van der Waals surface area (Å²) in [5.74, 6) is 1.62. The second-order valence-electron chi connectivity index (χ2n) is 3.81. The smallest absolute Gasteiger partial charge is 0.199 e. The van der Waals surface area contributed by atoms with E-state index in [1.165, 1.54) is 0 Å². The first-order valence-electron chi connectivity index (χ1n) is 5.68. The predicted molar refractivity (Wildman–Crippen MR) is 70.7 cm³/mol. The van der Waals surface area contributed by atoms with Crippen LogP contribution in [-0.2, 0) is 6.42 Å². The third-order valence-electron chi connectivity index (χ3n) is 2.63. The fraction of sp³-hybridized carbons (Fsp3) is 0.333. The van der Waals surface area contributed by atoms with Crippen LogP contribution in [0.25, 0.3) is 5.69 Å². The lowest BCUT2D eigenvalue weighted by Crippen LogP contribution is -2.02. The molecule has 0 unspecified atom stereocenters. The summed E-state index contributed by atoms with van der Waals surface area (Å²) in [5.41, 5.74) is 0.933. The van der Waals surface area contributed by atoms with E-state index in [0.29, 0.717) is 17.6 Å². The van der Waals surface area contributed by atoms with Gasteiger partial charge in [-0.15, -0.1) is 0 Å². The molecule has 1 aromatic carbocycles. The lowest BCUT2D eigenvalue weighted by atomic mass is 10.2. The van der Waals surface area contributed by atoms with Gasteiger partial charge in [-0.05, 0) is 42.9 Å². The van der Waals surface area contributed by atoms with Crippen LogP contribution < -0.4 is 4.74 Å². The number of ether oxygens (including phenoxy) is 1. The number of aliphatic hydroxyl groups excluding tert-OH is 1. The second-order valence-corrected chi connectivity index (χ2v) is 4.19. The Bertz CT molecular complexity index is 559. The zero-order valence-corrected chi connectivity index (χ0v) is 10.9. The van der Waals surface area contributed by atoms with Gasteiger partial charge in [-0.25, -0.2) is 0 Å². The Morgan fingerprint density at radius 3 is 2.72 bits per heavy atom.